The van der Waals surface area contributed by atoms with Gasteiger partial charge in [0.1, 0.15) is 11.9 Å². The van der Waals surface area contributed by atoms with Crippen molar-refractivity contribution in [2.75, 3.05) is 26.2 Å². The number of nitriles is 1. The van der Waals surface area contributed by atoms with Crippen molar-refractivity contribution >= 4 is 10.0 Å². The first-order valence-electron chi connectivity index (χ1n) is 6.36. The maximum Gasteiger partial charge on any atom is 0.240 e. The third kappa shape index (κ3) is 4.27. The summed E-state index contributed by atoms with van der Waals surface area (Å²) in [5.41, 5.74) is -0.281. The van der Waals surface area contributed by atoms with Crippen LogP contribution in [0.25, 0.3) is 0 Å². The quantitative estimate of drug-likeness (QED) is 0.824. The van der Waals surface area contributed by atoms with Crippen molar-refractivity contribution in [3.05, 3.63) is 29.6 Å². The number of rotatable bonds is 7. The van der Waals surface area contributed by atoms with Gasteiger partial charge in [-0.3, -0.25) is 0 Å². The van der Waals surface area contributed by atoms with Gasteiger partial charge in [-0.15, -0.1) is 0 Å². The van der Waals surface area contributed by atoms with E-state index in [2.05, 4.69) is 9.62 Å². The van der Waals surface area contributed by atoms with Crippen LogP contribution in [0.5, 0.6) is 0 Å². The van der Waals surface area contributed by atoms with Gasteiger partial charge in [-0.2, -0.15) is 5.26 Å². The molecule has 0 aliphatic carbocycles. The Kier molecular flexibility index (Phi) is 6.07. The molecule has 0 aromatic heterocycles. The standard InChI is InChI=1S/C13H18FN3O2S/c1-3-17(4-2)8-7-16-20(18,19)12-5-6-13(14)11(9-12)10-15/h5-6,9,16H,3-4,7-8H2,1-2H3. The summed E-state index contributed by atoms with van der Waals surface area (Å²) in [6.07, 6.45) is 0. The first kappa shape index (κ1) is 16.6. The third-order valence-corrected chi connectivity index (χ3v) is 4.44. The summed E-state index contributed by atoms with van der Waals surface area (Å²) in [7, 11) is -3.72. The molecule has 0 aliphatic heterocycles. The average Bonchev–Trinajstić information content (AvgIpc) is 2.44. The molecule has 0 heterocycles. The number of likely N-dealkylation sites (N-methyl/N-ethyl adjacent to an activating group) is 1. The molecular weight excluding hydrogens is 281 g/mol. The minimum atomic E-state index is -3.72. The number of hydrogen-bond donors (Lipinski definition) is 1. The van der Waals surface area contributed by atoms with Gasteiger partial charge >= 0.3 is 0 Å². The van der Waals surface area contributed by atoms with Gasteiger partial charge < -0.3 is 4.90 Å². The van der Waals surface area contributed by atoms with Crippen molar-refractivity contribution in [2.45, 2.75) is 18.7 Å². The molecule has 1 aromatic rings. The molecule has 0 aliphatic rings. The molecule has 0 bridgehead atoms. The van der Waals surface area contributed by atoms with E-state index in [1.54, 1.807) is 6.07 Å². The molecule has 0 amide bonds. The van der Waals surface area contributed by atoms with Crippen LogP contribution in [0, 0.1) is 17.1 Å². The maximum absolute atomic E-state index is 13.2. The van der Waals surface area contributed by atoms with Crippen molar-refractivity contribution in [3.63, 3.8) is 0 Å². The molecule has 0 radical (unpaired) electrons. The van der Waals surface area contributed by atoms with Crippen LogP contribution in [0.1, 0.15) is 19.4 Å². The van der Waals surface area contributed by atoms with Gasteiger partial charge in [-0.05, 0) is 31.3 Å². The van der Waals surface area contributed by atoms with Gasteiger partial charge in [0.25, 0.3) is 0 Å². The molecule has 110 valence electrons. The number of sulfonamides is 1. The van der Waals surface area contributed by atoms with E-state index in [9.17, 15) is 12.8 Å². The van der Waals surface area contributed by atoms with Crippen molar-refractivity contribution in [1.82, 2.24) is 9.62 Å². The molecule has 0 spiro atoms. The Labute approximate surface area is 119 Å². The number of hydrogen-bond acceptors (Lipinski definition) is 4. The van der Waals surface area contributed by atoms with Gasteiger partial charge in [0, 0.05) is 13.1 Å². The molecule has 0 atom stereocenters. The van der Waals surface area contributed by atoms with Crippen LogP contribution in [-0.4, -0.2) is 39.5 Å². The van der Waals surface area contributed by atoms with E-state index >= 15 is 0 Å². The minimum Gasteiger partial charge on any atom is -0.303 e. The minimum absolute atomic E-state index is 0.102. The number of nitrogens with one attached hydrogen (secondary N) is 1. The summed E-state index contributed by atoms with van der Waals surface area (Å²) < 4.78 is 39.6. The number of benzene rings is 1. The second-order valence-electron chi connectivity index (χ2n) is 4.18. The lowest BCUT2D eigenvalue weighted by molar-refractivity contribution is 0.309. The molecule has 7 heteroatoms. The van der Waals surface area contributed by atoms with Crippen molar-refractivity contribution in [1.29, 1.82) is 5.26 Å². The Bertz CT molecular complexity index is 592. The summed E-state index contributed by atoms with van der Waals surface area (Å²) in [6.45, 7) is 6.54. The van der Waals surface area contributed by atoms with Crippen molar-refractivity contribution in [3.8, 4) is 6.07 Å². The van der Waals surface area contributed by atoms with Crippen LogP contribution in [0.2, 0.25) is 0 Å². The summed E-state index contributed by atoms with van der Waals surface area (Å²) in [5.74, 6) is -0.727. The van der Waals surface area contributed by atoms with Crippen LogP contribution in [0.4, 0.5) is 4.39 Å². The normalized spacial score (nSPS) is 11.6. The number of nitrogens with zero attached hydrogens (tertiary/aromatic N) is 2. The summed E-state index contributed by atoms with van der Waals surface area (Å²) in [4.78, 5) is 1.98. The number of halogens is 1. The van der Waals surface area contributed by atoms with Crippen molar-refractivity contribution in [2.24, 2.45) is 0 Å². The lowest BCUT2D eigenvalue weighted by Crippen LogP contribution is -2.34. The second-order valence-corrected chi connectivity index (χ2v) is 5.95. The Morgan fingerprint density at radius 1 is 1.35 bits per heavy atom. The molecule has 1 N–H and O–H groups in total. The molecule has 0 unspecified atom stereocenters. The van der Waals surface area contributed by atoms with Gasteiger partial charge in [0.2, 0.25) is 10.0 Å². The van der Waals surface area contributed by atoms with Gasteiger partial charge in [-0.1, -0.05) is 13.8 Å². The fourth-order valence-corrected chi connectivity index (χ4v) is 2.77. The predicted octanol–water partition coefficient (Wildman–Crippen LogP) is 1.32. The highest BCUT2D eigenvalue weighted by Crippen LogP contribution is 2.14. The van der Waals surface area contributed by atoms with Gasteiger partial charge in [0.15, 0.2) is 0 Å². The zero-order chi connectivity index (χ0) is 15.2. The zero-order valence-electron chi connectivity index (χ0n) is 11.6. The van der Waals surface area contributed by atoms with Crippen LogP contribution >= 0.6 is 0 Å². The predicted molar refractivity (Wildman–Crippen MR) is 74.1 cm³/mol. The fourth-order valence-electron chi connectivity index (χ4n) is 1.72. The van der Waals surface area contributed by atoms with E-state index in [0.29, 0.717) is 6.54 Å². The van der Waals surface area contributed by atoms with Crippen LogP contribution in [-0.2, 0) is 10.0 Å². The van der Waals surface area contributed by atoms with E-state index in [-0.39, 0.29) is 17.0 Å². The van der Waals surface area contributed by atoms with Crippen LogP contribution < -0.4 is 4.72 Å². The topological polar surface area (TPSA) is 73.2 Å². The lowest BCUT2D eigenvalue weighted by Gasteiger charge is -2.18. The van der Waals surface area contributed by atoms with E-state index in [4.69, 9.17) is 5.26 Å². The third-order valence-electron chi connectivity index (χ3n) is 2.98. The van der Waals surface area contributed by atoms with E-state index in [1.807, 2.05) is 13.8 Å². The molecule has 1 aromatic carbocycles. The van der Waals surface area contributed by atoms with Gasteiger partial charge in [-0.25, -0.2) is 17.5 Å². The molecular formula is C13H18FN3O2S. The summed E-state index contributed by atoms with van der Waals surface area (Å²) in [6, 6.07) is 4.79. The fraction of sp³-hybridized carbons (Fsp3) is 0.462. The summed E-state index contributed by atoms with van der Waals surface area (Å²) in [5, 5.41) is 8.71. The molecule has 5 nitrogen and oxygen atoms in total. The van der Waals surface area contributed by atoms with Crippen LogP contribution in [0.15, 0.2) is 23.1 Å². The highest BCUT2D eigenvalue weighted by molar-refractivity contribution is 7.89. The Morgan fingerprint density at radius 2 is 2.00 bits per heavy atom. The highest BCUT2D eigenvalue weighted by atomic mass is 32.2. The Morgan fingerprint density at radius 3 is 2.55 bits per heavy atom. The molecule has 0 fully saturated rings. The monoisotopic (exact) mass is 299 g/mol. The zero-order valence-corrected chi connectivity index (χ0v) is 12.4. The maximum atomic E-state index is 13.2. The van der Waals surface area contributed by atoms with E-state index < -0.39 is 15.8 Å². The largest absolute Gasteiger partial charge is 0.303 e. The smallest absolute Gasteiger partial charge is 0.240 e. The molecule has 0 saturated carbocycles. The highest BCUT2D eigenvalue weighted by Gasteiger charge is 2.16. The summed E-state index contributed by atoms with van der Waals surface area (Å²) >= 11 is 0. The van der Waals surface area contributed by atoms with E-state index in [0.717, 1.165) is 31.3 Å². The lowest BCUT2D eigenvalue weighted by atomic mass is 10.2. The Hall–Kier alpha value is -1.49. The van der Waals surface area contributed by atoms with Crippen molar-refractivity contribution < 1.29 is 12.8 Å². The molecule has 0 saturated heterocycles. The Balaban J connectivity index is 2.77. The SMILES string of the molecule is CCN(CC)CCNS(=O)(=O)c1ccc(F)c(C#N)c1. The van der Waals surface area contributed by atoms with Gasteiger partial charge in [0.05, 0.1) is 10.5 Å². The average molecular weight is 299 g/mol. The van der Waals surface area contributed by atoms with E-state index in [1.165, 1.54) is 0 Å². The molecule has 20 heavy (non-hydrogen) atoms. The molecule has 1 rings (SSSR count). The first-order valence-corrected chi connectivity index (χ1v) is 7.84. The second kappa shape index (κ2) is 7.33. The van der Waals surface area contributed by atoms with Crippen LogP contribution in [0.3, 0.4) is 0 Å². The first-order chi connectivity index (χ1) is 9.44.